The lowest BCUT2D eigenvalue weighted by Crippen LogP contribution is -2.31. The number of aliphatic hydroxyl groups is 1. The number of carbonyl (C=O) groups is 2. The fraction of sp³-hybridized carbons (Fsp3) is 0.360. The third kappa shape index (κ3) is 4.98. The number of Topliss-reactive ketones (excluding diaryl/α,β-unsaturated/α-hetero) is 1. The number of rotatable bonds is 10. The van der Waals surface area contributed by atoms with Gasteiger partial charge in [0.1, 0.15) is 11.5 Å². The molecule has 9 heteroatoms. The molecule has 3 rings (SSSR count). The molecule has 182 valence electrons. The van der Waals surface area contributed by atoms with E-state index in [9.17, 15) is 14.7 Å². The number of benzene rings is 2. The zero-order valence-electron chi connectivity index (χ0n) is 19.6. The Morgan fingerprint density at radius 3 is 2.35 bits per heavy atom. The summed E-state index contributed by atoms with van der Waals surface area (Å²) in [5.41, 5.74) is 0.858. The molecule has 1 aliphatic rings. The van der Waals surface area contributed by atoms with E-state index in [0.29, 0.717) is 48.0 Å². The van der Waals surface area contributed by atoms with Gasteiger partial charge < -0.3 is 29.0 Å². The Balaban J connectivity index is 2.15. The summed E-state index contributed by atoms with van der Waals surface area (Å²) in [5.74, 6) is -0.406. The van der Waals surface area contributed by atoms with Crippen LogP contribution in [0.3, 0.4) is 0 Å². The van der Waals surface area contributed by atoms with Crippen LogP contribution in [0.5, 0.6) is 17.2 Å². The summed E-state index contributed by atoms with van der Waals surface area (Å²) in [4.78, 5) is 27.6. The van der Waals surface area contributed by atoms with Gasteiger partial charge in [-0.2, -0.15) is 0 Å². The quantitative estimate of drug-likeness (QED) is 0.231. The van der Waals surface area contributed by atoms with Crippen molar-refractivity contribution in [1.82, 2.24) is 4.90 Å². The highest BCUT2D eigenvalue weighted by atomic mass is 35.5. The molecule has 0 unspecified atom stereocenters. The van der Waals surface area contributed by atoms with Gasteiger partial charge in [-0.05, 0) is 49.2 Å². The minimum atomic E-state index is -0.831. The second-order valence-corrected chi connectivity index (χ2v) is 7.94. The van der Waals surface area contributed by atoms with Crippen molar-refractivity contribution in [2.45, 2.75) is 19.4 Å². The van der Waals surface area contributed by atoms with Crippen LogP contribution in [-0.4, -0.2) is 62.8 Å². The number of aliphatic hydroxyl groups excluding tert-OH is 1. The molecule has 1 amide bonds. The van der Waals surface area contributed by atoms with E-state index < -0.39 is 17.7 Å². The van der Waals surface area contributed by atoms with Gasteiger partial charge in [0.15, 0.2) is 11.5 Å². The van der Waals surface area contributed by atoms with E-state index in [1.807, 2.05) is 6.92 Å². The Kier molecular flexibility index (Phi) is 8.41. The van der Waals surface area contributed by atoms with E-state index in [1.165, 1.54) is 25.2 Å². The molecule has 1 aliphatic heterocycles. The van der Waals surface area contributed by atoms with E-state index in [1.54, 1.807) is 37.4 Å². The highest BCUT2D eigenvalue weighted by molar-refractivity contribution is 6.46. The number of ketones is 1. The largest absolute Gasteiger partial charge is 0.507 e. The topological polar surface area (TPSA) is 94.5 Å². The number of nitrogens with zero attached hydrogens (tertiary/aromatic N) is 1. The van der Waals surface area contributed by atoms with E-state index >= 15 is 0 Å². The van der Waals surface area contributed by atoms with Crippen molar-refractivity contribution in [3.05, 3.63) is 58.1 Å². The van der Waals surface area contributed by atoms with Crippen molar-refractivity contribution in [3.8, 4) is 17.2 Å². The second kappa shape index (κ2) is 11.3. The molecule has 2 aromatic carbocycles. The predicted octanol–water partition coefficient (Wildman–Crippen LogP) is 4.21. The average molecular weight is 490 g/mol. The Labute approximate surface area is 203 Å². The Morgan fingerprint density at radius 1 is 1.03 bits per heavy atom. The summed E-state index contributed by atoms with van der Waals surface area (Å²) in [6.07, 6.45) is 0.516. The molecule has 0 aromatic heterocycles. The van der Waals surface area contributed by atoms with Crippen LogP contribution in [0.25, 0.3) is 5.76 Å². The van der Waals surface area contributed by atoms with Gasteiger partial charge in [-0.25, -0.2) is 0 Å². The maximum Gasteiger partial charge on any atom is 0.295 e. The molecule has 34 heavy (non-hydrogen) atoms. The number of hydrogen-bond donors (Lipinski definition) is 1. The van der Waals surface area contributed by atoms with Crippen LogP contribution in [0.1, 0.15) is 30.5 Å². The maximum absolute atomic E-state index is 13.1. The first-order chi connectivity index (χ1) is 16.4. The van der Waals surface area contributed by atoms with E-state index in [0.717, 1.165) is 0 Å². The summed E-state index contributed by atoms with van der Waals surface area (Å²) in [5, 5.41) is 11.5. The third-order valence-corrected chi connectivity index (χ3v) is 5.81. The first-order valence-electron chi connectivity index (χ1n) is 10.8. The van der Waals surface area contributed by atoms with Crippen molar-refractivity contribution >= 4 is 29.1 Å². The van der Waals surface area contributed by atoms with Crippen LogP contribution in [0.2, 0.25) is 5.02 Å². The number of ether oxygens (including phenoxy) is 4. The Morgan fingerprint density at radius 2 is 1.74 bits per heavy atom. The Hall–Kier alpha value is -3.23. The number of methoxy groups -OCH3 is 3. The maximum atomic E-state index is 13.1. The van der Waals surface area contributed by atoms with Gasteiger partial charge in [0.25, 0.3) is 11.7 Å². The van der Waals surface area contributed by atoms with E-state index in [-0.39, 0.29) is 22.9 Å². The van der Waals surface area contributed by atoms with Gasteiger partial charge >= 0.3 is 0 Å². The van der Waals surface area contributed by atoms with Gasteiger partial charge in [0.05, 0.1) is 37.5 Å². The van der Waals surface area contributed by atoms with Gasteiger partial charge in [-0.3, -0.25) is 9.59 Å². The highest BCUT2D eigenvalue weighted by Gasteiger charge is 2.46. The van der Waals surface area contributed by atoms with Crippen LogP contribution < -0.4 is 14.2 Å². The molecule has 1 saturated heterocycles. The van der Waals surface area contributed by atoms with Crippen molar-refractivity contribution in [2.75, 3.05) is 41.1 Å². The second-order valence-electron chi connectivity index (χ2n) is 7.53. The fourth-order valence-corrected chi connectivity index (χ4v) is 4.17. The van der Waals surface area contributed by atoms with Gasteiger partial charge in [0.2, 0.25) is 0 Å². The molecule has 1 atom stereocenters. The predicted molar refractivity (Wildman–Crippen MR) is 128 cm³/mol. The van der Waals surface area contributed by atoms with Crippen LogP contribution >= 0.6 is 11.6 Å². The zero-order valence-corrected chi connectivity index (χ0v) is 20.3. The molecule has 0 saturated carbocycles. The van der Waals surface area contributed by atoms with Crippen molar-refractivity contribution in [1.29, 1.82) is 0 Å². The molecule has 0 bridgehead atoms. The van der Waals surface area contributed by atoms with Crippen molar-refractivity contribution in [3.63, 3.8) is 0 Å². The number of likely N-dealkylation sites (tertiary alicyclic amines) is 1. The molecule has 2 aromatic rings. The van der Waals surface area contributed by atoms with Crippen molar-refractivity contribution in [2.24, 2.45) is 0 Å². The fourth-order valence-electron chi connectivity index (χ4n) is 3.94. The summed E-state index contributed by atoms with van der Waals surface area (Å²) in [6.45, 7) is 2.93. The SMILES string of the molecule is CCOc1ccc(C(O)=C2C(=O)C(=O)N(CCCOC)[C@@H]2c2ccc(OC)c(OC)c2)cc1Cl. The summed E-state index contributed by atoms with van der Waals surface area (Å²) >= 11 is 6.30. The zero-order chi connectivity index (χ0) is 24.8. The van der Waals surface area contributed by atoms with E-state index in [4.69, 9.17) is 30.5 Å². The highest BCUT2D eigenvalue weighted by Crippen LogP contribution is 2.42. The lowest BCUT2D eigenvalue weighted by molar-refractivity contribution is -0.140. The lowest BCUT2D eigenvalue weighted by atomic mass is 9.95. The Bertz CT molecular complexity index is 1100. The van der Waals surface area contributed by atoms with Crippen LogP contribution in [0, 0.1) is 0 Å². The lowest BCUT2D eigenvalue weighted by Gasteiger charge is -2.26. The third-order valence-electron chi connectivity index (χ3n) is 5.52. The molecule has 1 heterocycles. The molecule has 0 aliphatic carbocycles. The number of carbonyl (C=O) groups excluding carboxylic acids is 2. The number of amides is 1. The minimum Gasteiger partial charge on any atom is -0.507 e. The molecule has 0 radical (unpaired) electrons. The van der Waals surface area contributed by atoms with Crippen LogP contribution in [-0.2, 0) is 14.3 Å². The number of halogens is 1. The monoisotopic (exact) mass is 489 g/mol. The first-order valence-corrected chi connectivity index (χ1v) is 11.2. The standard InChI is InChI=1S/C25H28ClNO7/c1-5-34-18-9-8-16(13-17(18)26)23(28)21-22(15-7-10-19(32-3)20(14-15)33-4)27(11-6-12-31-2)25(30)24(21)29/h7-10,13-14,22,28H,5-6,11-12H2,1-4H3/t22-/m1/s1. The first kappa shape index (κ1) is 25.4. The van der Waals surface area contributed by atoms with Gasteiger partial charge in [-0.15, -0.1) is 0 Å². The smallest absolute Gasteiger partial charge is 0.295 e. The molecule has 0 spiro atoms. The molecular formula is C25H28ClNO7. The van der Waals surface area contributed by atoms with E-state index in [2.05, 4.69) is 0 Å². The van der Waals surface area contributed by atoms with Crippen LogP contribution in [0.4, 0.5) is 0 Å². The average Bonchev–Trinajstić information content (AvgIpc) is 3.09. The van der Waals surface area contributed by atoms with Gasteiger partial charge in [-0.1, -0.05) is 17.7 Å². The minimum absolute atomic E-state index is 0.0325. The summed E-state index contributed by atoms with van der Waals surface area (Å²) < 4.78 is 21.3. The molecule has 1 N–H and O–H groups in total. The summed E-state index contributed by atoms with van der Waals surface area (Å²) in [6, 6.07) is 9.00. The van der Waals surface area contributed by atoms with Crippen LogP contribution in [0.15, 0.2) is 42.0 Å². The summed E-state index contributed by atoms with van der Waals surface area (Å²) in [7, 11) is 4.58. The normalized spacial score (nSPS) is 17.2. The molecule has 1 fully saturated rings. The van der Waals surface area contributed by atoms with Crippen molar-refractivity contribution < 1.29 is 33.6 Å². The molecule has 8 nitrogen and oxygen atoms in total. The molecular weight excluding hydrogens is 462 g/mol. The number of hydrogen-bond acceptors (Lipinski definition) is 7. The van der Waals surface area contributed by atoms with Gasteiger partial charge in [0, 0.05) is 25.8 Å².